The fraction of sp³-hybridized carbons (Fsp3) is 0.333. The fourth-order valence-electron chi connectivity index (χ4n) is 2.01. The van der Waals surface area contributed by atoms with Crippen LogP contribution in [0, 0.1) is 15.0 Å². The number of nitroso groups, excluding NO2 is 1. The Balaban J connectivity index is 2.36. The highest BCUT2D eigenvalue weighted by molar-refractivity contribution is 7.94. The second-order valence-corrected chi connectivity index (χ2v) is 5.69. The van der Waals surface area contributed by atoms with E-state index in [0.29, 0.717) is 28.6 Å². The molecule has 1 aromatic carbocycles. The summed E-state index contributed by atoms with van der Waals surface area (Å²) >= 11 is 1.07. The predicted octanol–water partition coefficient (Wildman–Crippen LogP) is 1.64. The van der Waals surface area contributed by atoms with Gasteiger partial charge in [-0.2, -0.15) is 0 Å². The van der Waals surface area contributed by atoms with Gasteiger partial charge in [0.15, 0.2) is 4.27 Å². The molecule has 9 heteroatoms. The monoisotopic (exact) mass is 310 g/mol. The van der Waals surface area contributed by atoms with E-state index in [2.05, 4.69) is 10.7 Å². The lowest BCUT2D eigenvalue weighted by Crippen LogP contribution is -2.24. The number of nitro benzene ring substituents is 1. The van der Waals surface area contributed by atoms with Crippen LogP contribution in [0.15, 0.2) is 24.4 Å². The van der Waals surface area contributed by atoms with Crippen molar-refractivity contribution in [2.45, 2.75) is 12.2 Å². The Bertz CT molecular complexity index is 605. The average molecular weight is 310 g/mol. The van der Waals surface area contributed by atoms with Crippen molar-refractivity contribution in [1.29, 1.82) is 0 Å². The first kappa shape index (κ1) is 15.3. The van der Waals surface area contributed by atoms with Crippen LogP contribution < -0.4 is 16.5 Å². The Kier molecular flexibility index (Phi) is 4.76. The standard InChI is InChI=1S/C12H16N5O3S/c1-8-10(7-15-17(20)21-8)9-2-3-11(14-5-4-13)12(6-9)16(18)19/h2-3,6-8,14H,4-5,13H2,1H3,(H,15,20)/q+1. The van der Waals surface area contributed by atoms with E-state index in [1.54, 1.807) is 18.3 Å². The Labute approximate surface area is 125 Å². The summed E-state index contributed by atoms with van der Waals surface area (Å²) in [4.78, 5) is 21.9. The number of anilines is 1. The summed E-state index contributed by atoms with van der Waals surface area (Å²) in [6.07, 6.45) is 1.57. The molecule has 0 amide bonds. The van der Waals surface area contributed by atoms with Crippen LogP contribution in [-0.4, -0.2) is 27.5 Å². The van der Waals surface area contributed by atoms with Gasteiger partial charge in [-0.25, -0.2) is 0 Å². The van der Waals surface area contributed by atoms with E-state index in [9.17, 15) is 15.0 Å². The van der Waals surface area contributed by atoms with Gasteiger partial charge in [-0.1, -0.05) is 6.07 Å². The molecule has 1 atom stereocenters. The molecule has 1 unspecified atom stereocenters. The number of rotatable bonds is 5. The van der Waals surface area contributed by atoms with Crippen LogP contribution in [0.1, 0.15) is 12.5 Å². The quantitative estimate of drug-likeness (QED) is 0.328. The third-order valence-corrected chi connectivity index (χ3v) is 3.87. The molecule has 0 spiro atoms. The van der Waals surface area contributed by atoms with Gasteiger partial charge in [0.1, 0.15) is 10.9 Å². The van der Waals surface area contributed by atoms with E-state index in [4.69, 9.17) is 5.73 Å². The first-order valence-electron chi connectivity index (χ1n) is 6.36. The number of hydrogen-bond acceptors (Lipinski definition) is 6. The minimum absolute atomic E-state index is 0.0106. The molecular formula is C12H16N5O3S+. The Morgan fingerprint density at radius 2 is 2.33 bits per heavy atom. The van der Waals surface area contributed by atoms with E-state index < -0.39 is 4.92 Å². The molecule has 0 bridgehead atoms. The average Bonchev–Trinajstić information content (AvgIpc) is 2.45. The van der Waals surface area contributed by atoms with Crippen LogP contribution in [0.25, 0.3) is 5.57 Å². The summed E-state index contributed by atoms with van der Waals surface area (Å²) in [5, 5.41) is 14.0. The highest BCUT2D eigenvalue weighted by Crippen LogP contribution is 2.34. The van der Waals surface area contributed by atoms with Crippen LogP contribution in [0.3, 0.4) is 0 Å². The van der Waals surface area contributed by atoms with Crippen molar-refractivity contribution in [2.75, 3.05) is 18.4 Å². The molecule has 1 aromatic rings. The van der Waals surface area contributed by atoms with Gasteiger partial charge in [-0.05, 0) is 18.6 Å². The molecule has 8 nitrogen and oxygen atoms in total. The topological polar surface area (TPSA) is 113 Å². The SMILES string of the molecule is CC1S[N+](=O)NC=C1c1ccc(NCCN)c([N+](=O)[O-])c1. The minimum Gasteiger partial charge on any atom is -0.378 e. The minimum atomic E-state index is -0.434. The lowest BCUT2D eigenvalue weighted by Gasteiger charge is -2.14. The molecule has 21 heavy (non-hydrogen) atoms. The summed E-state index contributed by atoms with van der Waals surface area (Å²) in [6, 6.07) is 4.95. The van der Waals surface area contributed by atoms with Crippen LogP contribution in [0.2, 0.25) is 0 Å². The molecule has 1 aliphatic heterocycles. The molecule has 4 N–H and O–H groups in total. The van der Waals surface area contributed by atoms with Gasteiger partial charge in [-0.3, -0.25) is 10.1 Å². The third-order valence-electron chi connectivity index (χ3n) is 3.00. The lowest BCUT2D eigenvalue weighted by molar-refractivity contribution is -0.431. The van der Waals surface area contributed by atoms with Gasteiger partial charge in [0.05, 0.1) is 16.0 Å². The predicted molar refractivity (Wildman–Crippen MR) is 82.4 cm³/mol. The van der Waals surface area contributed by atoms with Gasteiger partial charge < -0.3 is 11.1 Å². The van der Waals surface area contributed by atoms with Crippen molar-refractivity contribution in [3.8, 4) is 0 Å². The van der Waals surface area contributed by atoms with Crippen LogP contribution in [0.4, 0.5) is 11.4 Å². The molecule has 0 saturated heterocycles. The largest absolute Gasteiger partial charge is 0.378 e. The number of nitro groups is 1. The van der Waals surface area contributed by atoms with E-state index in [0.717, 1.165) is 17.5 Å². The maximum Gasteiger partial charge on any atom is 0.292 e. The Morgan fingerprint density at radius 3 is 2.95 bits per heavy atom. The van der Waals surface area contributed by atoms with Gasteiger partial charge in [0, 0.05) is 24.7 Å². The second kappa shape index (κ2) is 6.55. The molecule has 1 heterocycles. The second-order valence-electron chi connectivity index (χ2n) is 4.44. The van der Waals surface area contributed by atoms with E-state index in [1.807, 2.05) is 6.92 Å². The summed E-state index contributed by atoms with van der Waals surface area (Å²) in [7, 11) is 0. The van der Waals surface area contributed by atoms with E-state index in [1.165, 1.54) is 6.07 Å². The number of hydrogen-bond donors (Lipinski definition) is 3. The zero-order chi connectivity index (χ0) is 15.4. The zero-order valence-corrected chi connectivity index (χ0v) is 12.2. The molecule has 1 aliphatic rings. The van der Waals surface area contributed by atoms with E-state index in [-0.39, 0.29) is 10.9 Å². The maximum atomic E-state index is 11.2. The molecule has 0 aliphatic carbocycles. The van der Waals surface area contributed by atoms with Gasteiger partial charge in [0.2, 0.25) is 0 Å². The number of benzene rings is 1. The summed E-state index contributed by atoms with van der Waals surface area (Å²) in [5.74, 6) is 0. The Hall–Kier alpha value is -2.13. The van der Waals surface area contributed by atoms with Crippen molar-refractivity contribution in [1.82, 2.24) is 5.43 Å². The van der Waals surface area contributed by atoms with Crippen LogP contribution in [0.5, 0.6) is 0 Å². The van der Waals surface area contributed by atoms with Crippen molar-refractivity contribution < 1.29 is 9.20 Å². The van der Waals surface area contributed by atoms with E-state index >= 15 is 0 Å². The maximum absolute atomic E-state index is 11.2. The molecule has 2 rings (SSSR count). The molecule has 0 radical (unpaired) electrons. The highest BCUT2D eigenvalue weighted by atomic mass is 32.2. The summed E-state index contributed by atoms with van der Waals surface area (Å²) < 4.78 is 0.653. The number of nitrogens with two attached hydrogens (primary N) is 1. The molecule has 0 aromatic heterocycles. The highest BCUT2D eigenvalue weighted by Gasteiger charge is 2.29. The number of nitrogens with one attached hydrogen (secondary N) is 2. The molecular weight excluding hydrogens is 294 g/mol. The first-order chi connectivity index (χ1) is 10.0. The Morgan fingerprint density at radius 1 is 1.57 bits per heavy atom. The van der Waals surface area contributed by atoms with Crippen molar-refractivity contribution >= 4 is 28.9 Å². The third kappa shape index (κ3) is 3.50. The summed E-state index contributed by atoms with van der Waals surface area (Å²) in [6.45, 7) is 2.72. The van der Waals surface area contributed by atoms with Crippen molar-refractivity contribution in [3.63, 3.8) is 0 Å². The molecule has 0 saturated carbocycles. The number of hydrazine groups is 1. The van der Waals surface area contributed by atoms with Crippen molar-refractivity contribution in [3.05, 3.63) is 45.0 Å². The van der Waals surface area contributed by atoms with Crippen molar-refractivity contribution in [2.24, 2.45) is 5.73 Å². The van der Waals surface area contributed by atoms with Crippen LogP contribution >= 0.6 is 11.9 Å². The molecule has 0 fully saturated rings. The van der Waals surface area contributed by atoms with Gasteiger partial charge in [0.25, 0.3) is 17.6 Å². The molecule has 112 valence electrons. The van der Waals surface area contributed by atoms with Crippen LogP contribution in [-0.2, 0) is 0 Å². The van der Waals surface area contributed by atoms with Gasteiger partial charge in [-0.15, -0.1) is 5.43 Å². The first-order valence-corrected chi connectivity index (χ1v) is 7.19. The lowest BCUT2D eigenvalue weighted by atomic mass is 10.0. The van der Waals surface area contributed by atoms with Gasteiger partial charge >= 0.3 is 0 Å². The normalized spacial score (nSPS) is 17.9. The smallest absolute Gasteiger partial charge is 0.292 e. The fourth-order valence-corrected chi connectivity index (χ4v) is 2.73. The number of nitrogens with zero attached hydrogens (tertiary/aromatic N) is 2. The summed E-state index contributed by atoms with van der Waals surface area (Å²) in [5.41, 5.74) is 9.90. The zero-order valence-electron chi connectivity index (χ0n) is 11.4.